The summed E-state index contributed by atoms with van der Waals surface area (Å²) in [5.74, 6) is 4.85. The second-order valence-corrected chi connectivity index (χ2v) is 16.4. The van der Waals surface area contributed by atoms with Crippen molar-refractivity contribution < 1.29 is 5.11 Å². The van der Waals surface area contributed by atoms with E-state index in [0.29, 0.717) is 27.6 Å². The number of hydrogen-bond donors (Lipinski definition) is 1. The Hall–Kier alpha value is -0.300. The predicted molar refractivity (Wildman–Crippen MR) is 145 cm³/mol. The Labute approximate surface area is 211 Å². The first kappa shape index (κ1) is 25.4. The largest absolute Gasteiger partial charge is 0.390 e. The van der Waals surface area contributed by atoms with Crippen LogP contribution in [0, 0.1) is 57.2 Å². The zero-order valence-corrected chi connectivity index (χ0v) is 24.0. The monoisotopic (exact) mass is 468 g/mol. The second kappa shape index (κ2) is 8.10. The van der Waals surface area contributed by atoms with Gasteiger partial charge in [-0.05, 0) is 134 Å². The molecule has 5 aliphatic rings. The normalized spacial score (nSPS) is 47.7. The molecule has 194 valence electrons. The van der Waals surface area contributed by atoms with E-state index in [1.165, 1.54) is 57.8 Å². The smallest absolute Gasteiger partial charge is 0.0650 e. The van der Waals surface area contributed by atoms with Crippen molar-refractivity contribution >= 4 is 0 Å². The van der Waals surface area contributed by atoms with Crippen molar-refractivity contribution in [1.29, 1.82) is 0 Å². The highest BCUT2D eigenvalue weighted by Crippen LogP contribution is 2.69. The molecule has 1 nitrogen and oxygen atoms in total. The molecule has 5 aliphatic carbocycles. The van der Waals surface area contributed by atoms with Crippen LogP contribution in [-0.2, 0) is 0 Å². The first-order chi connectivity index (χ1) is 15.7. The van der Waals surface area contributed by atoms with Gasteiger partial charge in [-0.2, -0.15) is 0 Å². The standard InChI is InChI=1S/C33H56O/c1-22-19-24-21-30(5,6)13-16-31(24,7)27-11-12-32(8)25(9-10-26(32)28(22)27)23(2)20-33(34)17-14-29(3,4)15-18-33/h19,22-23,25-28,34H,9-18,20-21H2,1-8H3/t22-,23+,25+,26-,27-,28-,31-,32+/m0/s1. The summed E-state index contributed by atoms with van der Waals surface area (Å²) < 4.78 is 0. The average molecular weight is 469 g/mol. The maximum absolute atomic E-state index is 11.5. The summed E-state index contributed by atoms with van der Waals surface area (Å²) in [5.41, 5.74) is 3.27. The van der Waals surface area contributed by atoms with Gasteiger partial charge in [0.25, 0.3) is 0 Å². The predicted octanol–water partition coefficient (Wildman–Crippen LogP) is 9.20. The van der Waals surface area contributed by atoms with Gasteiger partial charge in [-0.1, -0.05) is 67.0 Å². The third-order valence-electron chi connectivity index (χ3n) is 12.9. The van der Waals surface area contributed by atoms with Crippen LogP contribution in [0.4, 0.5) is 0 Å². The molecule has 0 aromatic carbocycles. The third kappa shape index (κ3) is 4.07. The number of hydrogen-bond acceptors (Lipinski definition) is 1. The van der Waals surface area contributed by atoms with E-state index in [9.17, 15) is 5.11 Å². The van der Waals surface area contributed by atoms with Gasteiger partial charge in [0.1, 0.15) is 0 Å². The van der Waals surface area contributed by atoms with Crippen molar-refractivity contribution in [3.8, 4) is 0 Å². The van der Waals surface area contributed by atoms with E-state index in [2.05, 4.69) is 61.5 Å². The molecule has 0 unspecified atom stereocenters. The number of fused-ring (bicyclic) bond motifs is 5. The minimum atomic E-state index is -0.404. The van der Waals surface area contributed by atoms with Crippen LogP contribution < -0.4 is 0 Å². The molecule has 0 aliphatic heterocycles. The van der Waals surface area contributed by atoms with Crippen molar-refractivity contribution in [3.05, 3.63) is 11.6 Å². The van der Waals surface area contributed by atoms with E-state index in [-0.39, 0.29) is 0 Å². The lowest BCUT2D eigenvalue weighted by Gasteiger charge is -2.61. The highest BCUT2D eigenvalue weighted by molar-refractivity contribution is 5.27. The number of aliphatic hydroxyl groups is 1. The molecule has 0 bridgehead atoms. The number of rotatable bonds is 3. The summed E-state index contributed by atoms with van der Waals surface area (Å²) >= 11 is 0. The fraction of sp³-hybridized carbons (Fsp3) is 0.939. The van der Waals surface area contributed by atoms with Gasteiger partial charge in [-0.15, -0.1) is 0 Å². The van der Waals surface area contributed by atoms with Crippen molar-refractivity contribution in [1.82, 2.24) is 0 Å². The molecule has 34 heavy (non-hydrogen) atoms. The zero-order valence-electron chi connectivity index (χ0n) is 24.0. The Kier molecular flexibility index (Phi) is 6.04. The SMILES string of the molecule is C[C@H](CC1(O)CCC(C)(C)CC1)[C@H]1CC[C@H]2[C@@H]3[C@@H](C)C=C4CC(C)(C)CC[C@]4(C)[C@H]3CC[C@]12C. The highest BCUT2D eigenvalue weighted by atomic mass is 16.3. The van der Waals surface area contributed by atoms with Crippen molar-refractivity contribution in [2.45, 2.75) is 138 Å². The molecule has 1 heteroatoms. The fourth-order valence-corrected chi connectivity index (χ4v) is 10.7. The maximum Gasteiger partial charge on any atom is 0.0650 e. The second-order valence-electron chi connectivity index (χ2n) is 16.4. The fourth-order valence-electron chi connectivity index (χ4n) is 10.7. The van der Waals surface area contributed by atoms with Gasteiger partial charge in [-0.3, -0.25) is 0 Å². The minimum Gasteiger partial charge on any atom is -0.390 e. The molecule has 0 aromatic rings. The summed E-state index contributed by atoms with van der Waals surface area (Å²) in [6, 6.07) is 0. The molecule has 0 amide bonds. The quantitative estimate of drug-likeness (QED) is 0.409. The van der Waals surface area contributed by atoms with Gasteiger partial charge in [0.15, 0.2) is 0 Å². The zero-order chi connectivity index (χ0) is 24.7. The Morgan fingerprint density at radius 1 is 0.824 bits per heavy atom. The van der Waals surface area contributed by atoms with Crippen LogP contribution in [0.15, 0.2) is 11.6 Å². The Morgan fingerprint density at radius 3 is 2.15 bits per heavy atom. The molecule has 5 rings (SSSR count). The molecular weight excluding hydrogens is 412 g/mol. The van der Waals surface area contributed by atoms with Gasteiger partial charge in [0.2, 0.25) is 0 Å². The lowest BCUT2D eigenvalue weighted by Crippen LogP contribution is -2.53. The lowest BCUT2D eigenvalue weighted by molar-refractivity contribution is -0.0857. The summed E-state index contributed by atoms with van der Waals surface area (Å²) in [6.07, 6.45) is 18.1. The Bertz CT molecular complexity index is 808. The van der Waals surface area contributed by atoms with E-state index in [1.54, 1.807) is 0 Å². The van der Waals surface area contributed by atoms with Crippen LogP contribution in [0.5, 0.6) is 0 Å². The van der Waals surface area contributed by atoms with E-state index in [1.807, 2.05) is 5.57 Å². The summed E-state index contributed by atoms with van der Waals surface area (Å²) in [4.78, 5) is 0. The van der Waals surface area contributed by atoms with Gasteiger partial charge in [0, 0.05) is 0 Å². The maximum atomic E-state index is 11.5. The molecule has 8 atom stereocenters. The molecule has 0 spiro atoms. The molecular formula is C33H56O. The molecule has 1 N–H and O–H groups in total. The van der Waals surface area contributed by atoms with Crippen molar-refractivity contribution in [2.24, 2.45) is 57.2 Å². The highest BCUT2D eigenvalue weighted by Gasteiger charge is 2.61. The van der Waals surface area contributed by atoms with E-state index >= 15 is 0 Å². The van der Waals surface area contributed by atoms with Crippen molar-refractivity contribution in [2.75, 3.05) is 0 Å². The summed E-state index contributed by atoms with van der Waals surface area (Å²) in [5, 5.41) is 11.5. The molecule has 4 saturated carbocycles. The summed E-state index contributed by atoms with van der Waals surface area (Å²) in [6.45, 7) is 20.2. The molecule has 4 fully saturated rings. The van der Waals surface area contributed by atoms with Gasteiger partial charge < -0.3 is 5.11 Å². The van der Waals surface area contributed by atoms with Gasteiger partial charge in [0.05, 0.1) is 5.60 Å². The van der Waals surface area contributed by atoms with Crippen LogP contribution in [-0.4, -0.2) is 10.7 Å². The minimum absolute atomic E-state index is 0.404. The van der Waals surface area contributed by atoms with Crippen LogP contribution in [0.3, 0.4) is 0 Å². The lowest BCUT2D eigenvalue weighted by atomic mass is 9.44. The number of allylic oxidation sites excluding steroid dienone is 2. The summed E-state index contributed by atoms with van der Waals surface area (Å²) in [7, 11) is 0. The van der Waals surface area contributed by atoms with Crippen LogP contribution in [0.25, 0.3) is 0 Å². The first-order valence-electron chi connectivity index (χ1n) is 15.1. The van der Waals surface area contributed by atoms with Crippen LogP contribution in [0.2, 0.25) is 0 Å². The van der Waals surface area contributed by atoms with Gasteiger partial charge in [-0.25, -0.2) is 0 Å². The topological polar surface area (TPSA) is 20.2 Å². The van der Waals surface area contributed by atoms with Gasteiger partial charge >= 0.3 is 0 Å². The molecule has 0 heterocycles. The Balaban J connectivity index is 1.35. The van der Waals surface area contributed by atoms with Crippen LogP contribution >= 0.6 is 0 Å². The van der Waals surface area contributed by atoms with E-state index < -0.39 is 5.60 Å². The van der Waals surface area contributed by atoms with E-state index in [0.717, 1.165) is 48.9 Å². The van der Waals surface area contributed by atoms with E-state index in [4.69, 9.17) is 0 Å². The van der Waals surface area contributed by atoms with Crippen molar-refractivity contribution in [3.63, 3.8) is 0 Å². The molecule has 0 saturated heterocycles. The molecule has 0 aromatic heterocycles. The van der Waals surface area contributed by atoms with Crippen LogP contribution in [0.1, 0.15) is 132 Å². The first-order valence-corrected chi connectivity index (χ1v) is 15.1. The molecule has 0 radical (unpaired) electrons. The third-order valence-corrected chi connectivity index (χ3v) is 12.9. The average Bonchev–Trinajstić information content (AvgIpc) is 3.09. The Morgan fingerprint density at radius 2 is 1.47 bits per heavy atom.